The first-order chi connectivity index (χ1) is 18.9. The number of pyridine rings is 1. The van der Waals surface area contributed by atoms with Crippen LogP contribution in [0.15, 0.2) is 24.4 Å². The highest BCUT2D eigenvalue weighted by atomic mass is 16.5. The molecular formula is C29H37N3O7. The average Bonchev–Trinajstić information content (AvgIpc) is 3.37. The Morgan fingerprint density at radius 2 is 1.90 bits per heavy atom. The molecule has 1 aromatic carbocycles. The Balaban J connectivity index is 1.49. The van der Waals surface area contributed by atoms with Crippen molar-refractivity contribution in [2.45, 2.75) is 82.4 Å². The normalized spacial score (nSPS) is 25.4. The van der Waals surface area contributed by atoms with Gasteiger partial charge in [-0.2, -0.15) is 0 Å². The molecule has 2 N–H and O–H groups in total. The predicted octanol–water partition coefficient (Wildman–Crippen LogP) is 4.08. The molecule has 5 rings (SSSR count). The van der Waals surface area contributed by atoms with Crippen molar-refractivity contribution >= 4 is 28.7 Å². The van der Waals surface area contributed by atoms with Gasteiger partial charge in [0, 0.05) is 23.4 Å². The van der Waals surface area contributed by atoms with Gasteiger partial charge in [0.1, 0.15) is 23.9 Å². The number of carbonyl (C=O) groups excluding carboxylic acids is 2. The highest BCUT2D eigenvalue weighted by Gasteiger charge is 2.45. The molecule has 1 aliphatic carbocycles. The van der Waals surface area contributed by atoms with Crippen molar-refractivity contribution in [1.82, 2.24) is 15.2 Å². The summed E-state index contributed by atoms with van der Waals surface area (Å²) in [7, 11) is 1.63. The van der Waals surface area contributed by atoms with E-state index >= 15 is 0 Å². The fourth-order valence-corrected chi connectivity index (χ4v) is 6.18. The van der Waals surface area contributed by atoms with E-state index in [-0.39, 0.29) is 25.5 Å². The molecule has 210 valence electrons. The van der Waals surface area contributed by atoms with Crippen molar-refractivity contribution in [3.8, 4) is 11.6 Å². The van der Waals surface area contributed by atoms with E-state index in [9.17, 15) is 19.5 Å². The third kappa shape index (κ3) is 6.04. The number of nitrogens with zero attached hydrogens (tertiary/aromatic N) is 2. The Hall–Kier alpha value is -3.56. The van der Waals surface area contributed by atoms with Crippen LogP contribution in [0.25, 0.3) is 10.8 Å². The topological polar surface area (TPSA) is 127 Å². The fourth-order valence-electron chi connectivity index (χ4n) is 6.18. The highest BCUT2D eigenvalue weighted by molar-refractivity contribution is 5.93. The molecule has 10 nitrogen and oxygen atoms in total. The van der Waals surface area contributed by atoms with Crippen LogP contribution in [0, 0.1) is 5.92 Å². The maximum atomic E-state index is 13.9. The third-order valence-electron chi connectivity index (χ3n) is 8.20. The molecule has 2 aromatic rings. The monoisotopic (exact) mass is 539 g/mol. The Labute approximate surface area is 228 Å². The van der Waals surface area contributed by atoms with Crippen molar-refractivity contribution in [2.24, 2.45) is 5.92 Å². The molecular weight excluding hydrogens is 502 g/mol. The molecule has 1 saturated heterocycles. The first-order valence-electron chi connectivity index (χ1n) is 14.0. The van der Waals surface area contributed by atoms with Crippen molar-refractivity contribution in [1.29, 1.82) is 0 Å². The molecule has 1 aromatic heterocycles. The molecule has 4 bridgehead atoms. The third-order valence-corrected chi connectivity index (χ3v) is 8.20. The van der Waals surface area contributed by atoms with Gasteiger partial charge in [-0.05, 0) is 68.2 Å². The number of alkyl carbamates (subject to hydrolysis) is 1. The number of methoxy groups -OCH3 is 1. The standard InChI is InChI=1S/C29H37N3O7/c1-37-24-15-18-8-4-3-7-13-38-29(36)31-25(19-9-5-2-6-10-19)27(33)32-17-20(16-23(32)28(34)35)39-26-22(14-18)21(24)11-12-30-26/h11-12,14-15,19-20,23,25H,2-10,13,16-17H2,1H3,(H,31,36)(H,34,35)/t20-,23+,25+/m1/s1. The van der Waals surface area contributed by atoms with E-state index in [2.05, 4.69) is 10.3 Å². The predicted molar refractivity (Wildman–Crippen MR) is 143 cm³/mol. The van der Waals surface area contributed by atoms with Crippen LogP contribution < -0.4 is 14.8 Å². The molecule has 2 fully saturated rings. The quantitative estimate of drug-likeness (QED) is 0.598. The van der Waals surface area contributed by atoms with Gasteiger partial charge in [0.2, 0.25) is 11.8 Å². The summed E-state index contributed by atoms with van der Waals surface area (Å²) in [5, 5.41) is 14.5. The number of carboxylic acid groups (broad SMARTS) is 1. The molecule has 0 unspecified atom stereocenters. The van der Waals surface area contributed by atoms with Crippen LogP contribution >= 0.6 is 0 Å². The summed E-state index contributed by atoms with van der Waals surface area (Å²) in [4.78, 5) is 44.7. The lowest BCUT2D eigenvalue weighted by molar-refractivity contribution is -0.149. The zero-order chi connectivity index (χ0) is 27.4. The number of aliphatic carboxylic acids is 1. The van der Waals surface area contributed by atoms with E-state index in [4.69, 9.17) is 14.2 Å². The molecule has 3 heterocycles. The molecule has 1 saturated carbocycles. The highest BCUT2D eigenvalue weighted by Crippen LogP contribution is 2.35. The number of nitrogens with one attached hydrogen (secondary N) is 1. The number of cyclic esters (lactones) is 1. The number of aromatic nitrogens is 1. The van der Waals surface area contributed by atoms with E-state index in [1.54, 1.807) is 13.3 Å². The summed E-state index contributed by atoms with van der Waals surface area (Å²) in [5.74, 6) is -0.452. The lowest BCUT2D eigenvalue weighted by Gasteiger charge is -2.33. The van der Waals surface area contributed by atoms with Crippen LogP contribution in [0.3, 0.4) is 0 Å². The first kappa shape index (κ1) is 27.0. The van der Waals surface area contributed by atoms with Gasteiger partial charge in [-0.25, -0.2) is 14.6 Å². The zero-order valence-electron chi connectivity index (χ0n) is 22.4. The van der Waals surface area contributed by atoms with Gasteiger partial charge in [0.25, 0.3) is 0 Å². The van der Waals surface area contributed by atoms with Crippen LogP contribution in [0.1, 0.15) is 63.4 Å². The van der Waals surface area contributed by atoms with Gasteiger partial charge in [-0.1, -0.05) is 19.3 Å². The van der Waals surface area contributed by atoms with Crippen molar-refractivity contribution < 1.29 is 33.7 Å². The second-order valence-corrected chi connectivity index (χ2v) is 10.8. The van der Waals surface area contributed by atoms with Crippen LogP contribution in [0.2, 0.25) is 0 Å². The summed E-state index contributed by atoms with van der Waals surface area (Å²) >= 11 is 0. The minimum atomic E-state index is -1.10. The maximum absolute atomic E-state index is 13.9. The van der Waals surface area contributed by atoms with Crippen molar-refractivity contribution in [3.63, 3.8) is 0 Å². The number of hydrogen-bond acceptors (Lipinski definition) is 7. The number of carbonyl (C=O) groups is 3. The van der Waals surface area contributed by atoms with Gasteiger partial charge in [0.05, 0.1) is 20.3 Å². The summed E-state index contributed by atoms with van der Waals surface area (Å²) in [6.07, 6.45) is 8.46. The van der Waals surface area contributed by atoms with Gasteiger partial charge in [0.15, 0.2) is 0 Å². The van der Waals surface area contributed by atoms with Gasteiger partial charge in [-0.3, -0.25) is 4.79 Å². The van der Waals surface area contributed by atoms with Crippen molar-refractivity contribution in [2.75, 3.05) is 20.3 Å². The summed E-state index contributed by atoms with van der Waals surface area (Å²) in [6.45, 7) is 0.342. The molecule has 0 radical (unpaired) electrons. The zero-order valence-corrected chi connectivity index (χ0v) is 22.4. The molecule has 2 aliphatic heterocycles. The first-order valence-corrected chi connectivity index (χ1v) is 14.0. The maximum Gasteiger partial charge on any atom is 0.407 e. The smallest absolute Gasteiger partial charge is 0.407 e. The molecule has 39 heavy (non-hydrogen) atoms. The molecule has 2 amide bonds. The van der Waals surface area contributed by atoms with Crippen LogP contribution in [-0.4, -0.2) is 71.4 Å². The minimum absolute atomic E-state index is 0.0653. The van der Waals surface area contributed by atoms with E-state index in [0.29, 0.717) is 18.1 Å². The van der Waals surface area contributed by atoms with Crippen LogP contribution in [0.5, 0.6) is 11.6 Å². The van der Waals surface area contributed by atoms with E-state index < -0.39 is 36.2 Å². The van der Waals surface area contributed by atoms with E-state index in [1.807, 2.05) is 18.2 Å². The lowest BCUT2D eigenvalue weighted by Crippen LogP contribution is -2.55. The largest absolute Gasteiger partial charge is 0.496 e. The van der Waals surface area contributed by atoms with Crippen LogP contribution in [-0.2, 0) is 20.7 Å². The fraction of sp³-hybridized carbons (Fsp3) is 0.586. The Morgan fingerprint density at radius 3 is 2.67 bits per heavy atom. The molecule has 10 heteroatoms. The van der Waals surface area contributed by atoms with Gasteiger partial charge >= 0.3 is 12.1 Å². The minimum Gasteiger partial charge on any atom is -0.496 e. The van der Waals surface area contributed by atoms with E-state index in [1.165, 1.54) is 4.90 Å². The number of amides is 2. The number of carboxylic acids is 1. The number of rotatable bonds is 3. The number of hydrogen-bond donors (Lipinski definition) is 2. The number of benzene rings is 1. The van der Waals surface area contributed by atoms with Gasteiger partial charge < -0.3 is 29.5 Å². The Morgan fingerprint density at radius 1 is 1.10 bits per heavy atom. The van der Waals surface area contributed by atoms with Crippen molar-refractivity contribution in [3.05, 3.63) is 30.0 Å². The summed E-state index contributed by atoms with van der Waals surface area (Å²) in [5.41, 5.74) is 1.07. The SMILES string of the molecule is COc1cc2cc3c(nccc13)O[C@@H]1C[C@@H](C(=O)O)N(C1)C(=O)[C@H](C1CCCCC1)NC(=O)OCCCCC2. The van der Waals surface area contributed by atoms with Crippen LogP contribution in [0.4, 0.5) is 4.79 Å². The lowest BCUT2D eigenvalue weighted by atomic mass is 9.83. The second kappa shape index (κ2) is 12.1. The Bertz CT molecular complexity index is 1210. The number of ether oxygens (including phenoxy) is 3. The molecule has 3 aliphatic rings. The molecule has 0 spiro atoms. The van der Waals surface area contributed by atoms with Gasteiger partial charge in [-0.15, -0.1) is 0 Å². The average molecular weight is 540 g/mol. The molecule has 3 atom stereocenters. The second-order valence-electron chi connectivity index (χ2n) is 10.8. The number of fused-ring (bicyclic) bond motifs is 3. The number of aryl methyl sites for hydroxylation is 1. The Kier molecular flexibility index (Phi) is 8.38. The summed E-state index contributed by atoms with van der Waals surface area (Å²) < 4.78 is 17.4. The van der Waals surface area contributed by atoms with E-state index in [0.717, 1.165) is 67.7 Å². The summed E-state index contributed by atoms with van der Waals surface area (Å²) in [6, 6.07) is 4.03.